The molecule has 2 heterocycles. The third-order valence-corrected chi connectivity index (χ3v) is 13.8. The molecule has 2 aliphatic heterocycles. The van der Waals surface area contributed by atoms with E-state index in [1.807, 2.05) is 35.7 Å². The smallest absolute Gasteiger partial charge is 0.236 e. The summed E-state index contributed by atoms with van der Waals surface area (Å²) in [4.78, 5) is 15.5. The zero-order valence-corrected chi connectivity index (χ0v) is 23.4. The predicted molar refractivity (Wildman–Crippen MR) is 147 cm³/mol. The molecule has 5 aliphatic carbocycles. The number of allylic oxidation sites excluding steroid dienone is 3. The van der Waals surface area contributed by atoms with E-state index in [9.17, 15) is 9.90 Å². The second kappa shape index (κ2) is 9.25. The molecule has 1 saturated heterocycles. The van der Waals surface area contributed by atoms with Gasteiger partial charge in [-0.1, -0.05) is 50.7 Å². The zero-order chi connectivity index (χ0) is 24.6. The summed E-state index contributed by atoms with van der Waals surface area (Å²) in [6.07, 6.45) is 20.2. The van der Waals surface area contributed by atoms with Crippen molar-refractivity contribution < 1.29 is 14.5 Å². The number of Topliss-reactive ketones (excluding diaryl/α,β-unsaturated/α-hetero) is 1. The zero-order valence-electron chi connectivity index (χ0n) is 21.8. The maximum absolute atomic E-state index is 13.2. The average Bonchev–Trinajstić information content (AvgIpc) is 3.37. The number of nitrogens with zero attached hydrogens (tertiary/aromatic N) is 2. The lowest BCUT2D eigenvalue weighted by Gasteiger charge is -2.42. The van der Waals surface area contributed by atoms with Crippen molar-refractivity contribution in [3.8, 4) is 0 Å². The number of ketones is 1. The van der Waals surface area contributed by atoms with Crippen molar-refractivity contribution in [1.82, 2.24) is 4.90 Å². The predicted octanol–water partition coefficient (Wildman–Crippen LogP) is 5.09. The Kier molecular flexibility index (Phi) is 6.15. The Morgan fingerprint density at radius 3 is 2.14 bits per heavy atom. The number of hydrogen-bond donors (Lipinski definition) is 0. The maximum atomic E-state index is 13.2. The van der Waals surface area contributed by atoms with E-state index in [1.165, 1.54) is 77.0 Å². The Morgan fingerprint density at radius 1 is 0.861 bits per heavy atom. The van der Waals surface area contributed by atoms with Gasteiger partial charge in [0, 0.05) is 42.0 Å². The molecule has 0 bridgehead atoms. The molecular weight excluding hydrogens is 484 g/mol. The summed E-state index contributed by atoms with van der Waals surface area (Å²) in [6, 6.07) is 1.13. The highest BCUT2D eigenvalue weighted by atomic mass is 32.2. The van der Waals surface area contributed by atoms with E-state index >= 15 is 0 Å². The first-order valence-corrected chi connectivity index (χ1v) is 16.3. The second-order valence-corrected chi connectivity index (χ2v) is 15.2. The van der Waals surface area contributed by atoms with Crippen molar-refractivity contribution in [3.63, 3.8) is 0 Å². The standard InChI is InChI=1S/C30H40N2O2S2/c1-31-23-11-17-7-3-5-9-19(17)13-25(23)35-27(31)15-21-29(33)22(30(21)34)16-28-32(2)24-12-18-8-4-6-10-20(18)14-26(24)36-28/h15-20,23-26H,3-14H2,1-2H3. The molecule has 0 aromatic heterocycles. The molecule has 0 radical (unpaired) electrons. The van der Waals surface area contributed by atoms with Gasteiger partial charge in [-0.25, -0.2) is 4.58 Å². The largest absolute Gasteiger partial charge is 0.871 e. The highest BCUT2D eigenvalue weighted by Crippen LogP contribution is 2.52. The monoisotopic (exact) mass is 524 g/mol. The van der Waals surface area contributed by atoms with Crippen LogP contribution in [-0.4, -0.2) is 57.0 Å². The van der Waals surface area contributed by atoms with Gasteiger partial charge in [-0.2, -0.15) is 0 Å². The molecule has 8 unspecified atom stereocenters. The Hall–Kier alpha value is -1.14. The van der Waals surface area contributed by atoms with Crippen LogP contribution in [0.4, 0.5) is 0 Å². The third-order valence-electron chi connectivity index (χ3n) is 10.9. The summed E-state index contributed by atoms with van der Waals surface area (Å²) in [5.41, 5.74) is 0.808. The molecule has 0 spiro atoms. The molecule has 194 valence electrons. The van der Waals surface area contributed by atoms with Crippen molar-refractivity contribution >= 4 is 34.4 Å². The molecule has 0 aromatic rings. The van der Waals surface area contributed by atoms with Crippen LogP contribution in [0.3, 0.4) is 0 Å². The Bertz CT molecular complexity index is 1090. The summed E-state index contributed by atoms with van der Waals surface area (Å²) < 4.78 is 2.38. The van der Waals surface area contributed by atoms with Crippen LogP contribution in [0.2, 0.25) is 0 Å². The number of hydrogen-bond acceptors (Lipinski definition) is 5. The van der Waals surface area contributed by atoms with Gasteiger partial charge < -0.3 is 10.0 Å². The number of carbonyl (C=O) groups excluding carboxylic acids is 1. The summed E-state index contributed by atoms with van der Waals surface area (Å²) in [5.74, 6) is 3.44. The van der Waals surface area contributed by atoms with Gasteiger partial charge in [0.05, 0.1) is 10.3 Å². The van der Waals surface area contributed by atoms with Crippen molar-refractivity contribution in [2.24, 2.45) is 23.7 Å². The van der Waals surface area contributed by atoms with Gasteiger partial charge in [-0.3, -0.25) is 4.79 Å². The number of carbonyl (C=O) groups is 1. The fourth-order valence-electron chi connectivity index (χ4n) is 8.73. The molecular formula is C30H40N2O2S2. The molecule has 7 rings (SSSR count). The number of thioether (sulfide) groups is 2. The molecule has 6 heteroatoms. The van der Waals surface area contributed by atoms with E-state index in [2.05, 4.69) is 23.6 Å². The van der Waals surface area contributed by atoms with Crippen LogP contribution in [0.1, 0.15) is 77.0 Å². The van der Waals surface area contributed by atoms with Gasteiger partial charge in [0.25, 0.3) is 0 Å². The Labute approximate surface area is 224 Å². The molecule has 7 aliphatic rings. The summed E-state index contributed by atoms with van der Waals surface area (Å²) in [7, 11) is 4.35. The summed E-state index contributed by atoms with van der Waals surface area (Å²) >= 11 is 3.84. The van der Waals surface area contributed by atoms with E-state index in [0.29, 0.717) is 33.7 Å². The first-order valence-electron chi connectivity index (χ1n) is 14.5. The van der Waals surface area contributed by atoms with Gasteiger partial charge >= 0.3 is 0 Å². The van der Waals surface area contributed by atoms with Gasteiger partial charge in [-0.15, -0.1) is 11.8 Å². The molecule has 0 amide bonds. The Morgan fingerprint density at radius 2 is 1.47 bits per heavy atom. The minimum atomic E-state index is -0.0462. The lowest BCUT2D eigenvalue weighted by Crippen LogP contribution is -2.42. The van der Waals surface area contributed by atoms with Crippen LogP contribution in [0.15, 0.2) is 34.1 Å². The molecule has 8 atom stereocenters. The van der Waals surface area contributed by atoms with E-state index in [-0.39, 0.29) is 11.5 Å². The summed E-state index contributed by atoms with van der Waals surface area (Å²) in [6.45, 7) is 0. The third kappa shape index (κ3) is 3.87. The second-order valence-electron chi connectivity index (χ2n) is 12.7. The number of fused-ring (bicyclic) bond motifs is 4. The van der Waals surface area contributed by atoms with E-state index in [0.717, 1.165) is 33.7 Å². The molecule has 4 nitrogen and oxygen atoms in total. The average molecular weight is 525 g/mol. The van der Waals surface area contributed by atoms with Gasteiger partial charge in [0.15, 0.2) is 11.8 Å². The Balaban J connectivity index is 1.08. The molecule has 4 saturated carbocycles. The molecule has 0 aromatic carbocycles. The van der Waals surface area contributed by atoms with Crippen LogP contribution >= 0.6 is 23.5 Å². The fraction of sp³-hybridized carbons (Fsp3) is 0.733. The quantitative estimate of drug-likeness (QED) is 0.372. The first-order chi connectivity index (χ1) is 17.5. The van der Waals surface area contributed by atoms with Gasteiger partial charge in [0.2, 0.25) is 5.04 Å². The normalized spacial score (nSPS) is 44.5. The molecule has 5 fully saturated rings. The van der Waals surface area contributed by atoms with E-state index < -0.39 is 0 Å². The maximum Gasteiger partial charge on any atom is 0.236 e. The minimum absolute atomic E-state index is 0.0462. The minimum Gasteiger partial charge on any atom is -0.871 e. The SMILES string of the molecule is CN1C(=CC2=C([O-])C(=CC3=[N+](C)C4CC5CCCCC5CC4S3)C2=O)SC2CC3CCCCC3CC21. The lowest BCUT2D eigenvalue weighted by atomic mass is 9.69. The summed E-state index contributed by atoms with van der Waals surface area (Å²) in [5, 5.41) is 16.7. The molecule has 0 N–H and O–H groups in total. The van der Waals surface area contributed by atoms with Crippen LogP contribution in [0.5, 0.6) is 0 Å². The van der Waals surface area contributed by atoms with Gasteiger partial charge in [-0.05, 0) is 67.2 Å². The van der Waals surface area contributed by atoms with Crippen LogP contribution < -0.4 is 5.11 Å². The number of rotatable bonds is 2. The van der Waals surface area contributed by atoms with Crippen molar-refractivity contribution in [2.75, 3.05) is 14.1 Å². The van der Waals surface area contributed by atoms with E-state index in [1.54, 1.807) is 0 Å². The first kappa shape index (κ1) is 23.9. The van der Waals surface area contributed by atoms with E-state index in [4.69, 9.17) is 0 Å². The van der Waals surface area contributed by atoms with Crippen LogP contribution in [0.25, 0.3) is 0 Å². The lowest BCUT2D eigenvalue weighted by molar-refractivity contribution is -0.536. The van der Waals surface area contributed by atoms with Crippen LogP contribution in [0, 0.1) is 23.7 Å². The molecule has 36 heavy (non-hydrogen) atoms. The van der Waals surface area contributed by atoms with Crippen molar-refractivity contribution in [3.05, 3.63) is 34.1 Å². The fourth-order valence-corrected chi connectivity index (χ4v) is 11.9. The van der Waals surface area contributed by atoms with Crippen molar-refractivity contribution in [2.45, 2.75) is 99.6 Å². The topological polar surface area (TPSA) is 46.4 Å². The highest BCUT2D eigenvalue weighted by Gasteiger charge is 2.49. The van der Waals surface area contributed by atoms with Gasteiger partial charge in [0.1, 0.15) is 7.05 Å². The highest BCUT2D eigenvalue weighted by molar-refractivity contribution is 8.14. The van der Waals surface area contributed by atoms with Crippen LogP contribution in [-0.2, 0) is 4.79 Å². The van der Waals surface area contributed by atoms with Crippen molar-refractivity contribution in [1.29, 1.82) is 0 Å².